The highest BCUT2D eigenvalue weighted by Gasteiger charge is 2.51. The van der Waals surface area contributed by atoms with Crippen LogP contribution >= 0.6 is 15.9 Å². The quantitative estimate of drug-likeness (QED) is 0.0568. The van der Waals surface area contributed by atoms with Gasteiger partial charge in [0.05, 0.1) is 35.5 Å². The van der Waals surface area contributed by atoms with E-state index in [1.807, 2.05) is 62.4 Å². The van der Waals surface area contributed by atoms with Gasteiger partial charge in [-0.25, -0.2) is 9.59 Å². The number of aliphatic hydroxyl groups is 2. The van der Waals surface area contributed by atoms with Crippen LogP contribution in [0.1, 0.15) is 77.0 Å². The van der Waals surface area contributed by atoms with Crippen LogP contribution in [0.3, 0.4) is 0 Å². The smallest absolute Gasteiger partial charge is 0.399 e. The average molecular weight is 1010 g/mol. The zero-order valence-electron chi connectivity index (χ0n) is 43.0. The van der Waals surface area contributed by atoms with Gasteiger partial charge in [0.25, 0.3) is 0 Å². The molecule has 3 fully saturated rings. The maximum Gasteiger partial charge on any atom is 0.494 e. The van der Waals surface area contributed by atoms with Crippen LogP contribution in [0, 0.1) is 12.8 Å². The summed E-state index contributed by atoms with van der Waals surface area (Å²) in [5, 5.41) is 30.7. The number of nitrogens with one attached hydrogen (secondary N) is 4. The first-order valence-electron chi connectivity index (χ1n) is 24.7. The fourth-order valence-corrected chi connectivity index (χ4v) is 8.49. The van der Waals surface area contributed by atoms with E-state index in [0.717, 1.165) is 85.0 Å². The van der Waals surface area contributed by atoms with E-state index in [1.54, 1.807) is 13.8 Å². The molecule has 0 unspecified atom stereocenters. The van der Waals surface area contributed by atoms with Crippen molar-refractivity contribution in [3.8, 4) is 12.8 Å². The summed E-state index contributed by atoms with van der Waals surface area (Å²) < 4.78 is 19.2. The van der Waals surface area contributed by atoms with E-state index in [-0.39, 0.29) is 42.5 Å². The lowest BCUT2D eigenvalue weighted by Crippen LogP contribution is -2.46. The van der Waals surface area contributed by atoms with Gasteiger partial charge in [0, 0.05) is 92.3 Å². The Bertz CT molecular complexity index is 2190. The molecule has 4 atom stereocenters. The van der Waals surface area contributed by atoms with Crippen LogP contribution in [0.5, 0.6) is 0 Å². The van der Waals surface area contributed by atoms with Crippen molar-refractivity contribution in [2.45, 2.75) is 111 Å². The number of hydrogen-bond acceptors (Lipinski definition) is 10. The van der Waals surface area contributed by atoms with Gasteiger partial charge >= 0.3 is 19.2 Å². The Kier molecular flexibility index (Phi) is 20.5. The Balaban J connectivity index is 0.000000292. The van der Waals surface area contributed by atoms with Crippen molar-refractivity contribution in [1.29, 1.82) is 0 Å². The zero-order chi connectivity index (χ0) is 51.6. The predicted octanol–water partition coefficient (Wildman–Crippen LogP) is 8.54. The van der Waals surface area contributed by atoms with Gasteiger partial charge in [-0.15, -0.1) is 12.8 Å². The van der Waals surface area contributed by atoms with Crippen molar-refractivity contribution in [3.05, 3.63) is 102 Å². The van der Waals surface area contributed by atoms with E-state index in [4.69, 9.17) is 10.7 Å². The van der Waals surface area contributed by atoms with E-state index in [0.29, 0.717) is 12.8 Å². The number of benzene rings is 4. The Morgan fingerprint density at radius 1 is 0.609 bits per heavy atom. The summed E-state index contributed by atoms with van der Waals surface area (Å²) in [6.45, 7) is 23.1. The first-order chi connectivity index (χ1) is 33.4. The van der Waals surface area contributed by atoms with Crippen LogP contribution in [0.2, 0.25) is 0 Å². The number of terminal acetylenes is 1. The standard InChI is InChI=1S/C28H41BN4O4.C22H29BrN4O2.C2H2.CH4/c1-7-25(20(2)34)31-26(35)30-22-10-14-24(15-11-22)33-18-16-32(17-19-33)23-12-8-21(9-13-23)29-36-27(3,4)28(5,6)37-29;1-3-21(16(2)28)25-22(29)24-18-6-10-20(11-7-18)27-14-12-26(13-15-27)19-8-4-17(23)5-9-19;1-2;/h8-15,20,25,34H,7,16-19H2,1-6H3,(H2,30,31,35);4-11,16,21,28H,3,12-15H2,1-2H3,(H2,24,25,29);1-2H;1H4/t20-,25-;16-,21-;;/m00../s1/i;;;1D. The SMILES string of the molecule is C#C.CC[C@H](NC(=O)Nc1ccc(N2CCN(c3ccc(B4OC(C)(C)C(C)(C)O4)cc3)CC2)cc1)[C@H](C)O.CC[C@H](NC(=O)Nc1ccc(N2CCN(c3ccc(Br)cc3)CC2)cc1)[C@H](C)O.[2H]C. The number of amides is 4. The normalized spacial score (nSPS) is 17.9. The average Bonchev–Trinajstić information content (AvgIpc) is 3.59. The molecule has 6 N–H and O–H groups in total. The van der Waals surface area contributed by atoms with Gasteiger partial charge in [-0.3, -0.25) is 0 Å². The topological polar surface area (TPSA) is 154 Å². The van der Waals surface area contributed by atoms with Gasteiger partial charge in [-0.1, -0.05) is 49.3 Å². The summed E-state index contributed by atoms with van der Waals surface area (Å²) in [5.41, 5.74) is 6.56. The molecule has 69 heavy (non-hydrogen) atoms. The van der Waals surface area contributed by atoms with Crippen LogP contribution in [-0.2, 0) is 9.31 Å². The molecule has 3 heterocycles. The molecule has 374 valence electrons. The molecular weight excluding hydrogens is 935 g/mol. The van der Waals surface area contributed by atoms with Gasteiger partial charge in [0.1, 0.15) is 0 Å². The molecule has 0 spiro atoms. The largest absolute Gasteiger partial charge is 0.494 e. The Morgan fingerprint density at radius 3 is 1.16 bits per heavy atom. The number of hydrogen-bond donors (Lipinski definition) is 6. The summed E-state index contributed by atoms with van der Waals surface area (Å²) in [6.07, 6.45) is 8.17. The molecule has 7 rings (SSSR count). The van der Waals surface area contributed by atoms with Gasteiger partial charge in [0.2, 0.25) is 0 Å². The molecule has 3 aliphatic rings. The molecule has 0 aliphatic carbocycles. The molecule has 4 aromatic carbocycles. The summed E-state index contributed by atoms with van der Waals surface area (Å²) in [5.74, 6) is 0. The van der Waals surface area contributed by atoms with E-state index in [9.17, 15) is 19.8 Å². The summed E-state index contributed by atoms with van der Waals surface area (Å²) in [7, 11) is 0.908. The lowest BCUT2D eigenvalue weighted by Gasteiger charge is -2.37. The third-order valence-corrected chi connectivity index (χ3v) is 13.7. The number of carbonyl (C=O) groups is 2. The van der Waals surface area contributed by atoms with Gasteiger partial charge < -0.3 is 60.4 Å². The summed E-state index contributed by atoms with van der Waals surface area (Å²) in [6, 6.07) is 31.7. The highest BCUT2D eigenvalue weighted by atomic mass is 79.9. The van der Waals surface area contributed by atoms with E-state index in [2.05, 4.69) is 146 Å². The molecule has 16 heteroatoms. The van der Waals surface area contributed by atoms with E-state index >= 15 is 0 Å². The Labute approximate surface area is 422 Å². The molecule has 3 aliphatic heterocycles. The predicted molar refractivity (Wildman–Crippen MR) is 290 cm³/mol. The fourth-order valence-electron chi connectivity index (χ4n) is 8.23. The summed E-state index contributed by atoms with van der Waals surface area (Å²) in [4.78, 5) is 33.9. The third kappa shape index (κ3) is 15.5. The molecule has 0 bridgehead atoms. The minimum absolute atomic E-state index is 0.253. The molecule has 0 radical (unpaired) electrons. The number of piperazine rings is 2. The van der Waals surface area contributed by atoms with E-state index in [1.165, 1.54) is 18.8 Å². The van der Waals surface area contributed by atoms with Gasteiger partial charge in [0.15, 0.2) is 0 Å². The van der Waals surface area contributed by atoms with Gasteiger partial charge in [-0.05, 0) is 145 Å². The van der Waals surface area contributed by atoms with Crippen LogP contribution in [0.15, 0.2) is 102 Å². The lowest BCUT2D eigenvalue weighted by molar-refractivity contribution is 0.00578. The molecule has 4 aromatic rings. The second-order valence-corrected chi connectivity index (χ2v) is 19.3. The number of aliphatic hydroxyl groups excluding tert-OH is 2. The molecule has 0 aromatic heterocycles. The van der Waals surface area contributed by atoms with Crippen LogP contribution in [-0.4, -0.2) is 117 Å². The minimum atomic E-state index is -0.593. The first-order valence-corrected chi connectivity index (χ1v) is 24.5. The van der Waals surface area contributed by atoms with Crippen molar-refractivity contribution < 1.29 is 30.5 Å². The van der Waals surface area contributed by atoms with Crippen molar-refractivity contribution in [1.82, 2.24) is 10.6 Å². The molecule has 0 saturated carbocycles. The maximum atomic E-state index is 12.2. The Hall–Kier alpha value is -5.44. The van der Waals surface area contributed by atoms with Crippen molar-refractivity contribution in [2.24, 2.45) is 0 Å². The minimum Gasteiger partial charge on any atom is -0.399 e. The number of carbonyl (C=O) groups excluding carboxylic acids is 2. The second-order valence-electron chi connectivity index (χ2n) is 18.4. The molecule has 14 nitrogen and oxygen atoms in total. The van der Waals surface area contributed by atoms with Crippen molar-refractivity contribution in [2.75, 3.05) is 82.6 Å². The van der Waals surface area contributed by atoms with Crippen molar-refractivity contribution >= 4 is 74.7 Å². The fraction of sp³-hybridized carbons (Fsp3) is 0.472. The lowest BCUT2D eigenvalue weighted by atomic mass is 9.79. The zero-order valence-corrected chi connectivity index (χ0v) is 43.6. The van der Waals surface area contributed by atoms with Crippen LogP contribution in [0.25, 0.3) is 0 Å². The number of nitrogens with zero attached hydrogens (tertiary/aromatic N) is 4. The number of urea groups is 2. The van der Waals surface area contributed by atoms with Crippen molar-refractivity contribution in [3.63, 3.8) is 0 Å². The first kappa shape index (κ1) is 54.5. The van der Waals surface area contributed by atoms with Crippen LogP contribution < -0.4 is 46.3 Å². The molecular formula is C53H76BBrN8O6. The second kappa shape index (κ2) is 26.0. The molecule has 4 amide bonds. The van der Waals surface area contributed by atoms with Crippen LogP contribution in [0.4, 0.5) is 43.7 Å². The number of anilines is 6. The highest BCUT2D eigenvalue weighted by molar-refractivity contribution is 9.10. The molecule has 3 saturated heterocycles. The monoisotopic (exact) mass is 1010 g/mol. The number of rotatable bonds is 13. The Morgan fingerprint density at radius 2 is 0.884 bits per heavy atom. The number of halogens is 1. The van der Waals surface area contributed by atoms with E-state index < -0.39 is 12.2 Å². The highest BCUT2D eigenvalue weighted by Crippen LogP contribution is 2.36. The van der Waals surface area contributed by atoms with Gasteiger partial charge in [-0.2, -0.15) is 0 Å². The maximum absolute atomic E-state index is 12.2. The summed E-state index contributed by atoms with van der Waals surface area (Å²) >= 11 is 3.48. The third-order valence-electron chi connectivity index (χ3n) is 13.2.